The van der Waals surface area contributed by atoms with Gasteiger partial charge in [-0.1, -0.05) is 0 Å². The molecule has 0 aliphatic carbocycles. The van der Waals surface area contributed by atoms with Gasteiger partial charge in [-0.25, -0.2) is 9.59 Å². The number of nitrogens with two attached hydrogens (primary N) is 1. The van der Waals surface area contributed by atoms with Gasteiger partial charge in [0.25, 0.3) is 0 Å². The average molecular weight is 287 g/mol. The van der Waals surface area contributed by atoms with Gasteiger partial charge in [0.05, 0.1) is 19.3 Å². The predicted molar refractivity (Wildman–Crippen MR) is 64.7 cm³/mol. The fraction of sp³-hybridized carbons (Fsp3) is 0.727. The number of rotatable bonds is 2. The van der Waals surface area contributed by atoms with E-state index in [9.17, 15) is 19.5 Å². The van der Waals surface area contributed by atoms with Gasteiger partial charge in [-0.2, -0.15) is 0 Å². The van der Waals surface area contributed by atoms with Crippen molar-refractivity contribution in [2.24, 2.45) is 5.73 Å². The first kappa shape index (κ1) is 14.5. The molecular formula is C11H17N3O6. The minimum absolute atomic E-state index is 0.00476. The summed E-state index contributed by atoms with van der Waals surface area (Å²) in [6, 6.07) is -2.61. The highest BCUT2D eigenvalue weighted by atomic mass is 16.5. The number of primary amides is 1. The van der Waals surface area contributed by atoms with Crippen molar-refractivity contribution in [3.8, 4) is 0 Å². The van der Waals surface area contributed by atoms with Gasteiger partial charge < -0.3 is 30.5 Å². The van der Waals surface area contributed by atoms with Crippen molar-refractivity contribution in [1.82, 2.24) is 9.80 Å². The van der Waals surface area contributed by atoms with E-state index in [4.69, 9.17) is 15.6 Å². The molecule has 112 valence electrons. The highest BCUT2D eigenvalue weighted by Crippen LogP contribution is 2.21. The molecule has 1 unspecified atom stereocenters. The number of ether oxygens (including phenoxy) is 1. The molecule has 0 aromatic carbocycles. The zero-order valence-electron chi connectivity index (χ0n) is 10.8. The molecule has 2 rings (SSSR count). The van der Waals surface area contributed by atoms with Crippen LogP contribution in [-0.4, -0.2) is 82.4 Å². The molecule has 0 saturated carbocycles. The first-order valence-electron chi connectivity index (χ1n) is 6.27. The summed E-state index contributed by atoms with van der Waals surface area (Å²) in [4.78, 5) is 37.1. The number of β-amino-alcohol motifs (C(OH)–C–C–N with tert-alkyl or cyclic N) is 1. The van der Waals surface area contributed by atoms with Crippen LogP contribution >= 0.6 is 0 Å². The van der Waals surface area contributed by atoms with E-state index in [0.29, 0.717) is 0 Å². The molecule has 2 heterocycles. The summed E-state index contributed by atoms with van der Waals surface area (Å²) in [5.41, 5.74) is 5.22. The summed E-state index contributed by atoms with van der Waals surface area (Å²) in [7, 11) is 0. The molecule has 9 heteroatoms. The Morgan fingerprint density at radius 1 is 1.20 bits per heavy atom. The van der Waals surface area contributed by atoms with E-state index in [1.54, 1.807) is 0 Å². The average Bonchev–Trinajstić information content (AvgIpc) is 2.80. The maximum Gasteiger partial charge on any atom is 0.326 e. The second kappa shape index (κ2) is 5.63. The van der Waals surface area contributed by atoms with E-state index >= 15 is 0 Å². The molecule has 2 saturated heterocycles. The van der Waals surface area contributed by atoms with E-state index < -0.39 is 36.1 Å². The maximum atomic E-state index is 12.4. The number of amides is 3. The quantitative estimate of drug-likeness (QED) is 0.528. The highest BCUT2D eigenvalue weighted by Gasteiger charge is 2.43. The number of hydrogen-bond donors (Lipinski definition) is 3. The molecule has 2 fully saturated rings. The number of carbonyl (C=O) groups excluding carboxylic acids is 2. The first-order chi connectivity index (χ1) is 9.41. The number of aliphatic carboxylic acids is 1. The van der Waals surface area contributed by atoms with Crippen molar-refractivity contribution < 1.29 is 29.3 Å². The van der Waals surface area contributed by atoms with Crippen LogP contribution in [0.5, 0.6) is 0 Å². The number of carboxylic acids is 1. The van der Waals surface area contributed by atoms with Gasteiger partial charge in [0.15, 0.2) is 0 Å². The molecule has 3 amide bonds. The smallest absolute Gasteiger partial charge is 0.326 e. The van der Waals surface area contributed by atoms with Gasteiger partial charge in [-0.05, 0) is 0 Å². The molecule has 0 aromatic heterocycles. The lowest BCUT2D eigenvalue weighted by Crippen LogP contribution is -2.59. The molecule has 0 aromatic rings. The van der Waals surface area contributed by atoms with Crippen molar-refractivity contribution in [3.63, 3.8) is 0 Å². The first-order valence-corrected chi connectivity index (χ1v) is 6.27. The topological polar surface area (TPSA) is 133 Å². The molecule has 4 N–H and O–H groups in total. The Bertz CT molecular complexity index is 408. The normalized spacial score (nSPS) is 30.4. The van der Waals surface area contributed by atoms with Crippen LogP contribution < -0.4 is 5.73 Å². The van der Waals surface area contributed by atoms with E-state index in [1.807, 2.05) is 0 Å². The number of carboxylic acid groups (broad SMARTS) is 1. The molecule has 0 bridgehead atoms. The maximum absolute atomic E-state index is 12.4. The van der Waals surface area contributed by atoms with E-state index in [-0.39, 0.29) is 32.7 Å². The summed E-state index contributed by atoms with van der Waals surface area (Å²) >= 11 is 0. The molecule has 20 heavy (non-hydrogen) atoms. The van der Waals surface area contributed by atoms with Crippen molar-refractivity contribution >= 4 is 17.9 Å². The molecule has 0 spiro atoms. The zero-order chi connectivity index (χ0) is 14.9. The largest absolute Gasteiger partial charge is 0.480 e. The van der Waals surface area contributed by atoms with Crippen LogP contribution in [0, 0.1) is 0 Å². The molecule has 9 nitrogen and oxygen atoms in total. The second-order valence-corrected chi connectivity index (χ2v) is 4.86. The molecular weight excluding hydrogens is 270 g/mol. The lowest BCUT2D eigenvalue weighted by Gasteiger charge is -2.37. The molecule has 2 aliphatic rings. The van der Waals surface area contributed by atoms with E-state index in [2.05, 4.69) is 0 Å². The van der Waals surface area contributed by atoms with Crippen LogP contribution in [0.4, 0.5) is 4.79 Å². The number of hydrogen-bond acceptors (Lipinski definition) is 5. The van der Waals surface area contributed by atoms with Crippen LogP contribution in [-0.2, 0) is 14.3 Å². The summed E-state index contributed by atoms with van der Waals surface area (Å²) < 4.78 is 5.10. The number of nitrogens with zero attached hydrogens (tertiary/aromatic N) is 2. The zero-order valence-corrected chi connectivity index (χ0v) is 10.8. The number of urea groups is 1. The highest BCUT2D eigenvalue weighted by molar-refractivity contribution is 5.88. The third-order valence-corrected chi connectivity index (χ3v) is 3.51. The Kier molecular flexibility index (Phi) is 4.09. The number of likely N-dealkylation sites (tertiary alicyclic amines) is 1. The third-order valence-electron chi connectivity index (χ3n) is 3.51. The number of aliphatic hydroxyl groups excluding tert-OH is 1. The Balaban J connectivity index is 2.16. The fourth-order valence-corrected chi connectivity index (χ4v) is 2.49. The number of morpholine rings is 1. The monoisotopic (exact) mass is 287 g/mol. The van der Waals surface area contributed by atoms with E-state index in [1.165, 1.54) is 4.90 Å². The van der Waals surface area contributed by atoms with Gasteiger partial charge in [0, 0.05) is 19.5 Å². The minimum Gasteiger partial charge on any atom is -0.480 e. The predicted octanol–water partition coefficient (Wildman–Crippen LogP) is -2.19. The van der Waals surface area contributed by atoms with Crippen molar-refractivity contribution in [3.05, 3.63) is 0 Å². The Labute approximate surface area is 114 Å². The number of carbonyl (C=O) groups is 3. The van der Waals surface area contributed by atoms with E-state index in [0.717, 1.165) is 4.90 Å². The van der Waals surface area contributed by atoms with Crippen LogP contribution in [0.2, 0.25) is 0 Å². The lowest BCUT2D eigenvalue weighted by molar-refractivity contribution is -0.141. The molecule has 2 aliphatic heterocycles. The van der Waals surface area contributed by atoms with Crippen LogP contribution in [0.25, 0.3) is 0 Å². The van der Waals surface area contributed by atoms with Gasteiger partial charge >= 0.3 is 12.0 Å². The van der Waals surface area contributed by atoms with Crippen molar-refractivity contribution in [2.45, 2.75) is 24.6 Å². The number of aliphatic hydroxyl groups is 1. The van der Waals surface area contributed by atoms with Crippen LogP contribution in [0.15, 0.2) is 0 Å². The van der Waals surface area contributed by atoms with Gasteiger partial charge in [0.1, 0.15) is 12.1 Å². The minimum atomic E-state index is -1.18. The lowest BCUT2D eigenvalue weighted by atomic mass is 10.2. The Morgan fingerprint density at radius 2 is 1.90 bits per heavy atom. The Morgan fingerprint density at radius 3 is 2.50 bits per heavy atom. The van der Waals surface area contributed by atoms with Crippen molar-refractivity contribution in [1.29, 1.82) is 0 Å². The van der Waals surface area contributed by atoms with Crippen LogP contribution in [0.1, 0.15) is 6.42 Å². The van der Waals surface area contributed by atoms with Crippen molar-refractivity contribution in [2.75, 3.05) is 26.3 Å². The van der Waals surface area contributed by atoms with Gasteiger partial charge in [-0.3, -0.25) is 4.79 Å². The standard InChI is InChI=1S/C11H17N3O6/c12-9(16)8-5-20-2-1-13(8)11(19)14-4-6(15)3-7(14)10(17)18/h6-8,15H,1-5H2,(H2,12,16)(H,17,18)/t6-,7-,8?/m1/s1. The van der Waals surface area contributed by atoms with Gasteiger partial charge in [0.2, 0.25) is 5.91 Å². The Hall–Kier alpha value is -1.87. The third kappa shape index (κ3) is 2.68. The summed E-state index contributed by atoms with van der Waals surface area (Å²) in [6.45, 7) is 0.336. The van der Waals surface area contributed by atoms with Crippen LogP contribution in [0.3, 0.4) is 0 Å². The molecule has 0 radical (unpaired) electrons. The SMILES string of the molecule is NC(=O)C1COCCN1C(=O)N1C[C@H](O)C[C@@H]1C(=O)O. The summed E-state index contributed by atoms with van der Waals surface area (Å²) in [5, 5.41) is 18.6. The van der Waals surface area contributed by atoms with Gasteiger partial charge in [-0.15, -0.1) is 0 Å². The summed E-state index contributed by atoms with van der Waals surface area (Å²) in [5.74, 6) is -1.89. The summed E-state index contributed by atoms with van der Waals surface area (Å²) in [6.07, 6.45) is -0.903. The fourth-order valence-electron chi connectivity index (χ4n) is 2.49. The second-order valence-electron chi connectivity index (χ2n) is 4.86. The molecule has 3 atom stereocenters.